The first-order chi connectivity index (χ1) is 10.3. The van der Waals surface area contributed by atoms with Crippen LogP contribution in [0.3, 0.4) is 0 Å². The zero-order valence-electron chi connectivity index (χ0n) is 13.1. The number of ether oxygens (including phenoxy) is 1. The molecule has 1 amide bonds. The number of anilines is 1. The van der Waals surface area contributed by atoms with Gasteiger partial charge in [0.2, 0.25) is 5.91 Å². The number of amides is 1. The van der Waals surface area contributed by atoms with E-state index in [9.17, 15) is 4.79 Å². The smallest absolute Gasteiger partial charge is 0.250 e. The summed E-state index contributed by atoms with van der Waals surface area (Å²) >= 11 is 6.34. The van der Waals surface area contributed by atoms with Gasteiger partial charge in [0.25, 0.3) is 0 Å². The predicted octanol–water partition coefficient (Wildman–Crippen LogP) is 2.76. The molecule has 120 valence electrons. The van der Waals surface area contributed by atoms with Crippen LogP contribution in [0.2, 0.25) is 5.02 Å². The second-order valence-electron chi connectivity index (χ2n) is 7.00. The highest BCUT2D eigenvalue weighted by molar-refractivity contribution is 6.33. The van der Waals surface area contributed by atoms with Gasteiger partial charge in [-0.15, -0.1) is 0 Å². The lowest BCUT2D eigenvalue weighted by atomic mass is 9.94. The van der Waals surface area contributed by atoms with Crippen molar-refractivity contribution in [2.24, 2.45) is 5.73 Å². The fourth-order valence-electron chi connectivity index (χ4n) is 3.74. The summed E-state index contributed by atoms with van der Waals surface area (Å²) in [6.07, 6.45) is 6.04. The first-order valence-corrected chi connectivity index (χ1v) is 8.09. The maximum atomic E-state index is 11.2. The van der Waals surface area contributed by atoms with Gasteiger partial charge >= 0.3 is 0 Å². The molecule has 1 aliphatic heterocycles. The third kappa shape index (κ3) is 2.92. The Bertz CT molecular complexity index is 597. The Morgan fingerprint density at radius 3 is 2.64 bits per heavy atom. The Labute approximate surface area is 135 Å². The molecule has 2 fully saturated rings. The average molecular weight is 324 g/mol. The van der Waals surface area contributed by atoms with E-state index in [2.05, 4.69) is 23.7 Å². The van der Waals surface area contributed by atoms with Gasteiger partial charge in [-0.05, 0) is 32.8 Å². The molecule has 1 saturated carbocycles. The maximum Gasteiger partial charge on any atom is 0.250 e. The fourth-order valence-corrected chi connectivity index (χ4v) is 4.03. The third-order valence-electron chi connectivity index (χ3n) is 4.46. The van der Waals surface area contributed by atoms with E-state index in [1.54, 1.807) is 6.07 Å². The Hall–Kier alpha value is -1.33. The van der Waals surface area contributed by atoms with Crippen molar-refractivity contribution in [3.63, 3.8) is 0 Å². The molecule has 5 nitrogen and oxygen atoms in total. The van der Waals surface area contributed by atoms with E-state index >= 15 is 0 Å². The van der Waals surface area contributed by atoms with Gasteiger partial charge in [-0.3, -0.25) is 4.79 Å². The molecular weight excluding hydrogens is 302 g/mol. The Morgan fingerprint density at radius 1 is 1.36 bits per heavy atom. The number of pyridine rings is 1. The lowest BCUT2D eigenvalue weighted by Gasteiger charge is -2.49. The molecule has 6 heteroatoms. The van der Waals surface area contributed by atoms with Crippen LogP contribution in [-0.2, 0) is 4.74 Å². The second-order valence-corrected chi connectivity index (χ2v) is 7.41. The first-order valence-electron chi connectivity index (χ1n) is 7.71. The second kappa shape index (κ2) is 5.39. The van der Waals surface area contributed by atoms with Gasteiger partial charge in [0.1, 0.15) is 5.82 Å². The van der Waals surface area contributed by atoms with Crippen LogP contribution in [0.5, 0.6) is 0 Å². The van der Waals surface area contributed by atoms with E-state index in [1.807, 2.05) is 0 Å². The van der Waals surface area contributed by atoms with Gasteiger partial charge in [-0.2, -0.15) is 0 Å². The number of carbonyl (C=O) groups is 1. The number of nitrogens with two attached hydrogens (primary N) is 1. The number of carbonyl (C=O) groups excluding carboxylic acids is 1. The van der Waals surface area contributed by atoms with Crippen molar-refractivity contribution in [2.45, 2.75) is 50.7 Å². The molecule has 0 aromatic carbocycles. The number of hydrogen-bond acceptors (Lipinski definition) is 4. The summed E-state index contributed by atoms with van der Waals surface area (Å²) in [4.78, 5) is 17.8. The minimum atomic E-state index is -0.518. The molecule has 1 saturated heterocycles. The van der Waals surface area contributed by atoms with Gasteiger partial charge in [-0.25, -0.2) is 4.98 Å². The van der Waals surface area contributed by atoms with Gasteiger partial charge in [0.15, 0.2) is 0 Å². The van der Waals surface area contributed by atoms with Crippen LogP contribution in [0.15, 0.2) is 12.3 Å². The summed E-state index contributed by atoms with van der Waals surface area (Å²) in [7, 11) is 0. The minimum Gasteiger partial charge on any atom is -0.366 e. The molecule has 1 aromatic rings. The van der Waals surface area contributed by atoms with E-state index in [0.717, 1.165) is 25.9 Å². The molecule has 3 rings (SSSR count). The molecule has 1 aromatic heterocycles. The van der Waals surface area contributed by atoms with Crippen LogP contribution in [0, 0.1) is 0 Å². The number of morpholine rings is 1. The fraction of sp³-hybridized carbons (Fsp3) is 0.625. The summed E-state index contributed by atoms with van der Waals surface area (Å²) in [5.74, 6) is 0.185. The number of nitrogens with zero attached hydrogens (tertiary/aromatic N) is 2. The van der Waals surface area contributed by atoms with Gasteiger partial charge < -0.3 is 15.4 Å². The molecular formula is C16H22ClN3O2. The van der Waals surface area contributed by atoms with Crippen molar-refractivity contribution in [3.05, 3.63) is 22.8 Å². The van der Waals surface area contributed by atoms with E-state index < -0.39 is 5.91 Å². The summed E-state index contributed by atoms with van der Waals surface area (Å²) in [5, 5.41) is 0.460. The first kappa shape index (κ1) is 15.6. The van der Waals surface area contributed by atoms with Crippen molar-refractivity contribution in [1.29, 1.82) is 0 Å². The number of rotatable bonds is 2. The largest absolute Gasteiger partial charge is 0.366 e. The number of hydrogen-bond donors (Lipinski definition) is 1. The number of aromatic nitrogens is 1. The zero-order valence-corrected chi connectivity index (χ0v) is 13.8. The molecule has 2 N–H and O–H groups in total. The summed E-state index contributed by atoms with van der Waals surface area (Å²) in [6.45, 7) is 5.71. The maximum absolute atomic E-state index is 11.2. The van der Waals surface area contributed by atoms with E-state index in [4.69, 9.17) is 22.1 Å². The molecule has 0 bridgehead atoms. The lowest BCUT2D eigenvalue weighted by molar-refractivity contribution is -0.148. The number of primary amides is 1. The molecule has 0 radical (unpaired) electrons. The highest BCUT2D eigenvalue weighted by Gasteiger charge is 2.46. The van der Waals surface area contributed by atoms with Crippen molar-refractivity contribution >= 4 is 23.3 Å². The standard InChI is InChI=1S/C16H22ClN3O2/c1-15(2)9-20(10-16(22-15)5-3-4-6-16)14-12(17)7-11(8-19-14)13(18)21/h7-8H,3-6,9-10H2,1-2H3,(H2,18,21). The zero-order chi connectivity index (χ0) is 16.0. The molecule has 1 aliphatic carbocycles. The molecule has 0 atom stereocenters. The van der Waals surface area contributed by atoms with E-state index in [-0.39, 0.29) is 11.2 Å². The quantitative estimate of drug-likeness (QED) is 0.908. The van der Waals surface area contributed by atoms with Gasteiger partial charge in [0.05, 0.1) is 21.8 Å². The van der Waals surface area contributed by atoms with Crippen LogP contribution < -0.4 is 10.6 Å². The van der Waals surface area contributed by atoms with Crippen LogP contribution in [0.4, 0.5) is 5.82 Å². The van der Waals surface area contributed by atoms with Gasteiger partial charge in [0, 0.05) is 19.3 Å². The number of halogens is 1. The molecule has 0 unspecified atom stereocenters. The Balaban J connectivity index is 1.91. The van der Waals surface area contributed by atoms with Crippen LogP contribution >= 0.6 is 11.6 Å². The monoisotopic (exact) mass is 323 g/mol. The highest BCUT2D eigenvalue weighted by atomic mass is 35.5. The summed E-state index contributed by atoms with van der Waals surface area (Å²) in [6, 6.07) is 1.59. The normalized spacial score (nSPS) is 23.0. The van der Waals surface area contributed by atoms with Crippen molar-refractivity contribution in [1.82, 2.24) is 4.98 Å². The van der Waals surface area contributed by atoms with E-state index in [0.29, 0.717) is 16.4 Å². The SMILES string of the molecule is CC1(C)CN(c2ncc(C(N)=O)cc2Cl)CC2(CCCC2)O1. The van der Waals surface area contributed by atoms with Gasteiger partial charge in [-0.1, -0.05) is 24.4 Å². The summed E-state index contributed by atoms with van der Waals surface area (Å²) in [5.41, 5.74) is 5.25. The highest BCUT2D eigenvalue weighted by Crippen LogP contribution is 2.42. The molecule has 22 heavy (non-hydrogen) atoms. The predicted molar refractivity (Wildman–Crippen MR) is 86.3 cm³/mol. The van der Waals surface area contributed by atoms with Crippen LogP contribution in [0.25, 0.3) is 0 Å². The Kier molecular flexibility index (Phi) is 3.81. The molecule has 1 spiro atoms. The molecule has 2 aliphatic rings. The van der Waals surface area contributed by atoms with Crippen LogP contribution in [-0.4, -0.2) is 35.2 Å². The Morgan fingerprint density at radius 2 is 2.05 bits per heavy atom. The third-order valence-corrected chi connectivity index (χ3v) is 4.74. The van der Waals surface area contributed by atoms with Crippen LogP contribution in [0.1, 0.15) is 49.9 Å². The lowest BCUT2D eigenvalue weighted by Crippen LogP contribution is -2.59. The van der Waals surface area contributed by atoms with E-state index in [1.165, 1.54) is 19.0 Å². The average Bonchev–Trinajstić information content (AvgIpc) is 2.83. The van der Waals surface area contributed by atoms with Crippen molar-refractivity contribution in [2.75, 3.05) is 18.0 Å². The van der Waals surface area contributed by atoms with Crippen molar-refractivity contribution < 1.29 is 9.53 Å². The molecule has 2 heterocycles. The topological polar surface area (TPSA) is 68.5 Å². The summed E-state index contributed by atoms with van der Waals surface area (Å²) < 4.78 is 6.39. The van der Waals surface area contributed by atoms with Crippen molar-refractivity contribution in [3.8, 4) is 0 Å². The minimum absolute atomic E-state index is 0.102.